The van der Waals surface area contributed by atoms with Gasteiger partial charge in [0.2, 0.25) is 0 Å². The smallest absolute Gasteiger partial charge is 0.124 e. The van der Waals surface area contributed by atoms with Crippen molar-refractivity contribution in [3.05, 3.63) is 15.7 Å². The molecule has 0 unspecified atom stereocenters. The predicted octanol–water partition coefficient (Wildman–Crippen LogP) is 2.95. The van der Waals surface area contributed by atoms with Gasteiger partial charge in [0.1, 0.15) is 10.4 Å². The minimum atomic E-state index is -0.988. The van der Waals surface area contributed by atoms with Gasteiger partial charge in [-0.2, -0.15) is 0 Å². The number of rotatable bonds is 7. The van der Waals surface area contributed by atoms with Crippen LogP contribution in [0.2, 0.25) is 25.7 Å². The summed E-state index contributed by atoms with van der Waals surface area (Å²) in [5.41, 5.74) is 0.974. The van der Waals surface area contributed by atoms with Crippen molar-refractivity contribution in [2.24, 2.45) is 0 Å². The molecule has 0 saturated heterocycles. The lowest BCUT2D eigenvalue weighted by molar-refractivity contribution is 0.0852. The van der Waals surface area contributed by atoms with Crippen molar-refractivity contribution in [1.29, 1.82) is 0 Å². The van der Waals surface area contributed by atoms with Crippen LogP contribution >= 0.6 is 22.6 Å². The summed E-state index contributed by atoms with van der Waals surface area (Å²) in [5, 5.41) is 0. The van der Waals surface area contributed by atoms with Crippen LogP contribution in [0.15, 0.2) is 6.33 Å². The van der Waals surface area contributed by atoms with E-state index in [0.717, 1.165) is 16.0 Å². The molecular formula is C11H21IN2O2Si. The van der Waals surface area contributed by atoms with Crippen LogP contribution in [0.4, 0.5) is 0 Å². The molecule has 0 radical (unpaired) electrons. The molecule has 0 bridgehead atoms. The predicted molar refractivity (Wildman–Crippen MR) is 79.8 cm³/mol. The number of aromatic nitrogens is 2. The summed E-state index contributed by atoms with van der Waals surface area (Å²) >= 11 is 2.28. The van der Waals surface area contributed by atoms with Crippen LogP contribution in [0.25, 0.3) is 0 Å². The van der Waals surface area contributed by atoms with Gasteiger partial charge < -0.3 is 14.0 Å². The van der Waals surface area contributed by atoms with E-state index in [1.165, 1.54) is 6.04 Å². The lowest BCUT2D eigenvalue weighted by Gasteiger charge is -2.15. The largest absolute Gasteiger partial charge is 0.378 e. The SMILES string of the molecule is COCc1ncn(COCC[Si](C)(C)C)c1I. The molecule has 0 aliphatic carbocycles. The molecule has 1 heterocycles. The minimum absolute atomic E-state index is 0.556. The van der Waals surface area contributed by atoms with Crippen molar-refractivity contribution in [3.8, 4) is 0 Å². The van der Waals surface area contributed by atoms with Gasteiger partial charge in [-0.1, -0.05) is 19.6 Å². The van der Waals surface area contributed by atoms with Crippen molar-refractivity contribution in [3.63, 3.8) is 0 Å². The van der Waals surface area contributed by atoms with Crippen LogP contribution in [0.5, 0.6) is 0 Å². The fourth-order valence-corrected chi connectivity index (χ4v) is 2.59. The van der Waals surface area contributed by atoms with Gasteiger partial charge in [0.25, 0.3) is 0 Å². The third-order valence-electron chi connectivity index (χ3n) is 2.35. The first-order chi connectivity index (χ1) is 7.94. The van der Waals surface area contributed by atoms with Crippen molar-refractivity contribution in [2.75, 3.05) is 13.7 Å². The van der Waals surface area contributed by atoms with Gasteiger partial charge >= 0.3 is 0 Å². The van der Waals surface area contributed by atoms with Crippen LogP contribution in [-0.4, -0.2) is 31.3 Å². The Morgan fingerprint density at radius 1 is 1.41 bits per heavy atom. The molecule has 0 fully saturated rings. The molecule has 1 aromatic rings. The van der Waals surface area contributed by atoms with E-state index >= 15 is 0 Å². The molecule has 0 aromatic carbocycles. The highest BCUT2D eigenvalue weighted by Gasteiger charge is 2.12. The molecule has 4 nitrogen and oxygen atoms in total. The van der Waals surface area contributed by atoms with Gasteiger partial charge in [0.15, 0.2) is 0 Å². The number of imidazole rings is 1. The summed E-state index contributed by atoms with van der Waals surface area (Å²) in [6, 6.07) is 1.20. The number of nitrogens with zero attached hydrogens (tertiary/aromatic N) is 2. The van der Waals surface area contributed by atoms with E-state index in [2.05, 4.69) is 47.2 Å². The second kappa shape index (κ2) is 6.86. The Morgan fingerprint density at radius 2 is 2.12 bits per heavy atom. The van der Waals surface area contributed by atoms with Crippen LogP contribution in [0, 0.1) is 3.70 Å². The Hall–Kier alpha value is 0.0769. The average molecular weight is 368 g/mol. The maximum absolute atomic E-state index is 5.68. The zero-order valence-corrected chi connectivity index (χ0v) is 14.2. The number of hydrogen-bond donors (Lipinski definition) is 0. The Morgan fingerprint density at radius 3 is 2.71 bits per heavy atom. The Kier molecular flexibility index (Phi) is 6.11. The first-order valence-electron chi connectivity index (χ1n) is 5.70. The van der Waals surface area contributed by atoms with Gasteiger partial charge in [-0.3, -0.25) is 0 Å². The van der Waals surface area contributed by atoms with Gasteiger partial charge in [-0.15, -0.1) is 0 Å². The summed E-state index contributed by atoms with van der Waals surface area (Å²) < 4.78 is 13.9. The Labute approximate surface area is 118 Å². The van der Waals surface area contributed by atoms with Crippen molar-refractivity contribution >= 4 is 30.7 Å². The molecule has 0 aliphatic heterocycles. The Balaban J connectivity index is 2.37. The lowest BCUT2D eigenvalue weighted by Crippen LogP contribution is -2.22. The zero-order chi connectivity index (χ0) is 12.9. The third kappa shape index (κ3) is 5.50. The van der Waals surface area contributed by atoms with E-state index in [4.69, 9.17) is 9.47 Å². The van der Waals surface area contributed by atoms with E-state index < -0.39 is 8.07 Å². The molecule has 1 rings (SSSR count). The summed E-state index contributed by atoms with van der Waals surface area (Å²) in [4.78, 5) is 4.29. The Bertz CT molecular complexity index is 350. The van der Waals surface area contributed by atoms with Crippen LogP contribution in [-0.2, 0) is 22.8 Å². The fourth-order valence-electron chi connectivity index (χ4n) is 1.27. The zero-order valence-electron chi connectivity index (χ0n) is 11.0. The quantitative estimate of drug-likeness (QED) is 0.422. The molecular weight excluding hydrogens is 347 g/mol. The van der Waals surface area contributed by atoms with E-state index in [0.29, 0.717) is 13.3 Å². The summed E-state index contributed by atoms with van der Waals surface area (Å²) in [5.74, 6) is 0. The maximum atomic E-state index is 5.68. The first kappa shape index (κ1) is 15.1. The first-order valence-corrected chi connectivity index (χ1v) is 10.5. The average Bonchev–Trinajstić information content (AvgIpc) is 2.55. The van der Waals surface area contributed by atoms with E-state index in [-0.39, 0.29) is 0 Å². The topological polar surface area (TPSA) is 36.3 Å². The van der Waals surface area contributed by atoms with E-state index in [1.807, 2.05) is 10.9 Å². The maximum Gasteiger partial charge on any atom is 0.124 e. The van der Waals surface area contributed by atoms with Crippen LogP contribution in [0.3, 0.4) is 0 Å². The second-order valence-corrected chi connectivity index (χ2v) is 11.9. The molecule has 6 heteroatoms. The summed E-state index contributed by atoms with van der Waals surface area (Å²) in [6.07, 6.45) is 1.81. The molecule has 17 heavy (non-hydrogen) atoms. The standard InChI is InChI=1S/C11H21IN2O2Si/c1-15-7-10-11(12)14(8-13-10)9-16-5-6-17(2,3)4/h8H,5-7,9H2,1-4H3. The number of hydrogen-bond acceptors (Lipinski definition) is 3. The molecule has 0 saturated carbocycles. The number of ether oxygens (including phenoxy) is 2. The normalized spacial score (nSPS) is 12.1. The monoisotopic (exact) mass is 368 g/mol. The number of halogens is 1. The molecule has 98 valence electrons. The molecule has 0 atom stereocenters. The highest BCUT2D eigenvalue weighted by Crippen LogP contribution is 2.13. The molecule has 1 aromatic heterocycles. The van der Waals surface area contributed by atoms with Gasteiger partial charge in [-0.05, 0) is 28.6 Å². The molecule has 0 N–H and O–H groups in total. The van der Waals surface area contributed by atoms with Crippen molar-refractivity contribution in [1.82, 2.24) is 9.55 Å². The van der Waals surface area contributed by atoms with Gasteiger partial charge in [-0.25, -0.2) is 4.98 Å². The highest BCUT2D eigenvalue weighted by molar-refractivity contribution is 14.1. The highest BCUT2D eigenvalue weighted by atomic mass is 127. The van der Waals surface area contributed by atoms with Crippen LogP contribution in [0.1, 0.15) is 5.69 Å². The molecule has 0 aliphatic rings. The van der Waals surface area contributed by atoms with Crippen molar-refractivity contribution in [2.45, 2.75) is 39.0 Å². The summed E-state index contributed by atoms with van der Waals surface area (Å²) in [7, 11) is 0.692. The molecule has 0 amide bonds. The van der Waals surface area contributed by atoms with Gasteiger partial charge in [0.05, 0.1) is 18.6 Å². The van der Waals surface area contributed by atoms with E-state index in [9.17, 15) is 0 Å². The lowest BCUT2D eigenvalue weighted by atomic mass is 10.5. The number of methoxy groups -OCH3 is 1. The van der Waals surface area contributed by atoms with Crippen LogP contribution < -0.4 is 0 Å². The summed E-state index contributed by atoms with van der Waals surface area (Å²) in [6.45, 7) is 9.04. The molecule has 0 spiro atoms. The third-order valence-corrected chi connectivity index (χ3v) is 5.30. The van der Waals surface area contributed by atoms with E-state index in [1.54, 1.807) is 7.11 Å². The van der Waals surface area contributed by atoms with Gasteiger partial charge in [0, 0.05) is 21.8 Å². The minimum Gasteiger partial charge on any atom is -0.378 e. The fraction of sp³-hybridized carbons (Fsp3) is 0.727. The van der Waals surface area contributed by atoms with Crippen molar-refractivity contribution < 1.29 is 9.47 Å². The second-order valence-electron chi connectivity index (χ2n) is 5.23.